The number of nitrogens with one attached hydrogen (secondary N) is 1. The van der Waals surface area contributed by atoms with Crippen molar-refractivity contribution in [3.63, 3.8) is 0 Å². The van der Waals surface area contributed by atoms with Crippen LogP contribution in [0.5, 0.6) is 0 Å². The Morgan fingerprint density at radius 2 is 2.20 bits per heavy atom. The number of thioether (sulfide) groups is 1. The molecule has 110 valence electrons. The molecule has 1 aliphatic heterocycles. The number of nitrogens with zero attached hydrogens (tertiary/aromatic N) is 1. The molecule has 0 saturated carbocycles. The van der Waals surface area contributed by atoms with Crippen LogP contribution < -0.4 is 5.32 Å². The Hall–Kier alpha value is -1.16. The van der Waals surface area contributed by atoms with Gasteiger partial charge in [-0.1, -0.05) is 18.6 Å². The van der Waals surface area contributed by atoms with Crippen LogP contribution in [0.1, 0.15) is 35.7 Å². The molecule has 0 spiro atoms. The predicted octanol–water partition coefficient (Wildman–Crippen LogP) is 3.40. The van der Waals surface area contributed by atoms with Crippen LogP contribution in [0.25, 0.3) is 0 Å². The maximum Gasteiger partial charge on any atom is 0.255 e. The Bertz CT molecular complexity index is 454. The standard InChI is InChI=1S/C16H24N2OS/c1-3-7-17-15-6-5-13(2)12-14(15)16(19)18-8-4-10-20-11-9-18/h5-6,12,17H,3-4,7-11H2,1-2H3. The highest BCUT2D eigenvalue weighted by Crippen LogP contribution is 2.21. The van der Waals surface area contributed by atoms with Gasteiger partial charge in [0.25, 0.3) is 5.91 Å². The van der Waals surface area contributed by atoms with Crippen molar-refractivity contribution in [1.82, 2.24) is 4.90 Å². The fourth-order valence-corrected chi connectivity index (χ4v) is 3.26. The number of aryl methyl sites for hydroxylation is 1. The van der Waals surface area contributed by atoms with Gasteiger partial charge in [0.2, 0.25) is 0 Å². The van der Waals surface area contributed by atoms with Crippen molar-refractivity contribution in [2.45, 2.75) is 26.7 Å². The zero-order chi connectivity index (χ0) is 14.4. The van der Waals surface area contributed by atoms with Crippen molar-refractivity contribution in [3.05, 3.63) is 29.3 Å². The van der Waals surface area contributed by atoms with Crippen LogP contribution in [0.15, 0.2) is 18.2 Å². The lowest BCUT2D eigenvalue weighted by Crippen LogP contribution is -2.33. The second-order valence-electron chi connectivity index (χ2n) is 5.23. The van der Waals surface area contributed by atoms with Crippen LogP contribution in [0.4, 0.5) is 5.69 Å². The second-order valence-corrected chi connectivity index (χ2v) is 6.46. The minimum Gasteiger partial charge on any atom is -0.384 e. The van der Waals surface area contributed by atoms with Gasteiger partial charge in [0.15, 0.2) is 0 Å². The third-order valence-corrected chi connectivity index (χ3v) is 4.53. The molecular formula is C16H24N2OS. The van der Waals surface area contributed by atoms with Gasteiger partial charge in [0, 0.05) is 31.1 Å². The molecule has 1 saturated heterocycles. The Kier molecular flexibility index (Phi) is 5.77. The average molecular weight is 292 g/mol. The topological polar surface area (TPSA) is 32.3 Å². The van der Waals surface area contributed by atoms with Gasteiger partial charge in [-0.2, -0.15) is 11.8 Å². The van der Waals surface area contributed by atoms with E-state index in [1.165, 1.54) is 5.75 Å². The summed E-state index contributed by atoms with van der Waals surface area (Å²) in [5.74, 6) is 2.39. The molecule has 0 aliphatic carbocycles. The normalized spacial score (nSPS) is 15.8. The molecule has 1 aromatic carbocycles. The molecule has 0 aromatic heterocycles. The second kappa shape index (κ2) is 7.58. The molecule has 20 heavy (non-hydrogen) atoms. The molecule has 1 amide bonds. The minimum atomic E-state index is 0.176. The molecule has 0 unspecified atom stereocenters. The van der Waals surface area contributed by atoms with Crippen LogP contribution in [0.2, 0.25) is 0 Å². The third kappa shape index (κ3) is 3.92. The van der Waals surface area contributed by atoms with E-state index in [0.717, 1.165) is 55.0 Å². The molecule has 1 heterocycles. The van der Waals surface area contributed by atoms with Crippen molar-refractivity contribution in [2.24, 2.45) is 0 Å². The van der Waals surface area contributed by atoms with E-state index in [1.54, 1.807) is 0 Å². The molecular weight excluding hydrogens is 268 g/mol. The number of benzene rings is 1. The largest absolute Gasteiger partial charge is 0.384 e. The van der Waals surface area contributed by atoms with E-state index in [4.69, 9.17) is 0 Å². The molecule has 3 nitrogen and oxygen atoms in total. The summed E-state index contributed by atoms with van der Waals surface area (Å²) < 4.78 is 0. The van der Waals surface area contributed by atoms with Gasteiger partial charge >= 0.3 is 0 Å². The molecule has 1 fully saturated rings. The number of hydrogen-bond donors (Lipinski definition) is 1. The number of carbonyl (C=O) groups excluding carboxylic acids is 1. The highest BCUT2D eigenvalue weighted by Gasteiger charge is 2.20. The van der Waals surface area contributed by atoms with Crippen LogP contribution in [-0.2, 0) is 0 Å². The Balaban J connectivity index is 2.20. The smallest absolute Gasteiger partial charge is 0.255 e. The van der Waals surface area contributed by atoms with Crippen molar-refractivity contribution in [2.75, 3.05) is 36.5 Å². The molecule has 2 rings (SSSR count). The summed E-state index contributed by atoms with van der Waals surface area (Å²) >= 11 is 1.94. The summed E-state index contributed by atoms with van der Waals surface area (Å²) in [6, 6.07) is 6.11. The van der Waals surface area contributed by atoms with E-state index in [9.17, 15) is 4.79 Å². The lowest BCUT2D eigenvalue weighted by Gasteiger charge is -2.22. The first-order valence-electron chi connectivity index (χ1n) is 7.44. The van der Waals surface area contributed by atoms with E-state index >= 15 is 0 Å². The van der Waals surface area contributed by atoms with Gasteiger partial charge in [0.05, 0.1) is 5.56 Å². The van der Waals surface area contributed by atoms with E-state index in [2.05, 4.69) is 18.3 Å². The minimum absolute atomic E-state index is 0.176. The first-order chi connectivity index (χ1) is 9.72. The highest BCUT2D eigenvalue weighted by atomic mass is 32.2. The fourth-order valence-electron chi connectivity index (χ4n) is 2.37. The summed E-state index contributed by atoms with van der Waals surface area (Å²) in [6.07, 6.45) is 2.15. The lowest BCUT2D eigenvalue weighted by molar-refractivity contribution is 0.0769. The zero-order valence-electron chi connectivity index (χ0n) is 12.4. The SMILES string of the molecule is CCCNc1ccc(C)cc1C(=O)N1CCCSCC1. The molecule has 1 aromatic rings. The van der Waals surface area contributed by atoms with E-state index in [1.807, 2.05) is 35.7 Å². The predicted molar refractivity (Wildman–Crippen MR) is 87.8 cm³/mol. The molecule has 1 aliphatic rings. The number of carbonyl (C=O) groups is 1. The molecule has 4 heteroatoms. The van der Waals surface area contributed by atoms with Gasteiger partial charge in [-0.25, -0.2) is 0 Å². The summed E-state index contributed by atoms with van der Waals surface area (Å²) in [7, 11) is 0. The van der Waals surface area contributed by atoms with Gasteiger partial charge in [-0.05, 0) is 37.7 Å². The molecule has 1 N–H and O–H groups in total. The third-order valence-electron chi connectivity index (χ3n) is 3.48. The van der Waals surface area contributed by atoms with Crippen LogP contribution in [0.3, 0.4) is 0 Å². The quantitative estimate of drug-likeness (QED) is 0.923. The molecule has 0 atom stereocenters. The van der Waals surface area contributed by atoms with Crippen LogP contribution in [0, 0.1) is 6.92 Å². The number of hydrogen-bond acceptors (Lipinski definition) is 3. The summed E-state index contributed by atoms with van der Waals surface area (Å²) in [6.45, 7) is 6.82. The van der Waals surface area contributed by atoms with Gasteiger partial charge in [-0.15, -0.1) is 0 Å². The summed E-state index contributed by atoms with van der Waals surface area (Å²) in [5, 5.41) is 3.37. The Morgan fingerprint density at radius 3 is 3.00 bits per heavy atom. The first-order valence-corrected chi connectivity index (χ1v) is 8.59. The molecule has 0 radical (unpaired) electrons. The zero-order valence-corrected chi connectivity index (χ0v) is 13.3. The lowest BCUT2D eigenvalue weighted by atomic mass is 10.1. The maximum absolute atomic E-state index is 12.8. The fraction of sp³-hybridized carbons (Fsp3) is 0.562. The monoisotopic (exact) mass is 292 g/mol. The van der Waals surface area contributed by atoms with Crippen molar-refractivity contribution < 1.29 is 4.79 Å². The van der Waals surface area contributed by atoms with E-state index in [-0.39, 0.29) is 5.91 Å². The first kappa shape index (κ1) is 15.2. The van der Waals surface area contributed by atoms with Crippen LogP contribution >= 0.6 is 11.8 Å². The Morgan fingerprint density at radius 1 is 1.35 bits per heavy atom. The molecule has 0 bridgehead atoms. The van der Waals surface area contributed by atoms with Gasteiger partial charge in [-0.3, -0.25) is 4.79 Å². The van der Waals surface area contributed by atoms with E-state index in [0.29, 0.717) is 0 Å². The summed E-state index contributed by atoms with van der Waals surface area (Å²) in [5.41, 5.74) is 2.93. The Labute approximate surface area is 126 Å². The number of anilines is 1. The number of amides is 1. The van der Waals surface area contributed by atoms with Gasteiger partial charge < -0.3 is 10.2 Å². The van der Waals surface area contributed by atoms with E-state index < -0.39 is 0 Å². The van der Waals surface area contributed by atoms with Crippen molar-refractivity contribution in [3.8, 4) is 0 Å². The summed E-state index contributed by atoms with van der Waals surface area (Å²) in [4.78, 5) is 14.8. The maximum atomic E-state index is 12.8. The van der Waals surface area contributed by atoms with Crippen LogP contribution in [-0.4, -0.2) is 41.9 Å². The van der Waals surface area contributed by atoms with Gasteiger partial charge in [0.1, 0.15) is 0 Å². The van der Waals surface area contributed by atoms with Crippen molar-refractivity contribution in [1.29, 1.82) is 0 Å². The number of rotatable bonds is 4. The van der Waals surface area contributed by atoms with Crippen molar-refractivity contribution >= 4 is 23.4 Å². The average Bonchev–Trinajstić information content (AvgIpc) is 2.74. The highest BCUT2D eigenvalue weighted by molar-refractivity contribution is 7.99.